The van der Waals surface area contributed by atoms with Crippen LogP contribution in [0.1, 0.15) is 32.6 Å². The average Bonchev–Trinajstić information content (AvgIpc) is 2.98. The summed E-state index contributed by atoms with van der Waals surface area (Å²) < 4.78 is 0. The highest BCUT2D eigenvalue weighted by molar-refractivity contribution is 9.09. The molecule has 0 spiro atoms. The first-order valence-corrected chi connectivity index (χ1v) is 7.33. The molecule has 0 aliphatic heterocycles. The fraction of sp³-hybridized carbons (Fsp3) is 0.900. The van der Waals surface area contributed by atoms with E-state index in [9.17, 15) is 4.79 Å². The lowest BCUT2D eigenvalue weighted by Crippen LogP contribution is -2.51. The molecule has 0 aromatic rings. The first-order chi connectivity index (χ1) is 6.65. The van der Waals surface area contributed by atoms with E-state index in [0.29, 0.717) is 12.3 Å². The van der Waals surface area contributed by atoms with Crippen LogP contribution in [0.15, 0.2) is 0 Å². The third kappa shape index (κ3) is 3.54. The van der Waals surface area contributed by atoms with Crippen molar-refractivity contribution in [3.8, 4) is 0 Å². The van der Waals surface area contributed by atoms with Gasteiger partial charge in [0.1, 0.15) is 0 Å². The van der Waals surface area contributed by atoms with Gasteiger partial charge in [0.2, 0.25) is 5.91 Å². The second-order valence-electron chi connectivity index (χ2n) is 4.10. The summed E-state index contributed by atoms with van der Waals surface area (Å²) in [6.45, 7) is 2.10. The van der Waals surface area contributed by atoms with Crippen molar-refractivity contribution in [1.29, 1.82) is 0 Å². The molecule has 4 heteroatoms. The Kier molecular flexibility index (Phi) is 4.91. The van der Waals surface area contributed by atoms with Crippen LogP contribution in [0, 0.1) is 5.92 Å². The highest BCUT2D eigenvalue weighted by atomic mass is 79.9. The van der Waals surface area contributed by atoms with Crippen molar-refractivity contribution in [2.45, 2.75) is 38.1 Å². The fourth-order valence-electron chi connectivity index (χ4n) is 1.31. The van der Waals surface area contributed by atoms with E-state index in [1.54, 1.807) is 0 Å². The van der Waals surface area contributed by atoms with Crippen LogP contribution in [0.3, 0.4) is 0 Å². The lowest BCUT2D eigenvalue weighted by atomic mass is 10.0. The van der Waals surface area contributed by atoms with Crippen LogP contribution in [-0.4, -0.2) is 22.1 Å². The Balaban J connectivity index is 2.40. The number of halogens is 2. The Morgan fingerprint density at radius 3 is 2.36 bits per heavy atom. The van der Waals surface area contributed by atoms with Gasteiger partial charge in [0, 0.05) is 17.1 Å². The maximum atomic E-state index is 11.6. The molecule has 1 aliphatic rings. The maximum Gasteiger partial charge on any atom is 0.220 e. The van der Waals surface area contributed by atoms with Crippen LogP contribution in [0.2, 0.25) is 0 Å². The molecule has 1 fully saturated rings. The summed E-state index contributed by atoms with van der Waals surface area (Å²) in [5, 5.41) is 4.73. The molecule has 1 rings (SSSR count). The van der Waals surface area contributed by atoms with Crippen molar-refractivity contribution in [2.75, 3.05) is 10.7 Å². The molecular weight excluding hydrogens is 310 g/mol. The minimum absolute atomic E-state index is 0.105. The van der Waals surface area contributed by atoms with Crippen molar-refractivity contribution >= 4 is 37.8 Å². The monoisotopic (exact) mass is 325 g/mol. The van der Waals surface area contributed by atoms with E-state index >= 15 is 0 Å². The Bertz CT molecular complexity index is 192. The van der Waals surface area contributed by atoms with Gasteiger partial charge in [0.05, 0.1) is 5.54 Å². The summed E-state index contributed by atoms with van der Waals surface area (Å²) in [5.74, 6) is 0.864. The third-order valence-electron chi connectivity index (χ3n) is 2.76. The molecule has 1 saturated carbocycles. The zero-order valence-corrected chi connectivity index (χ0v) is 11.7. The van der Waals surface area contributed by atoms with Crippen molar-refractivity contribution in [3.63, 3.8) is 0 Å². The summed E-state index contributed by atoms with van der Waals surface area (Å²) >= 11 is 6.92. The molecule has 2 nitrogen and oxygen atoms in total. The van der Waals surface area contributed by atoms with Gasteiger partial charge in [-0.15, -0.1) is 0 Å². The Labute approximate surface area is 102 Å². The molecule has 0 atom stereocenters. The van der Waals surface area contributed by atoms with Crippen LogP contribution in [-0.2, 0) is 4.79 Å². The zero-order chi connectivity index (χ0) is 10.6. The first kappa shape index (κ1) is 12.5. The van der Waals surface area contributed by atoms with Crippen molar-refractivity contribution in [3.05, 3.63) is 0 Å². The van der Waals surface area contributed by atoms with Crippen molar-refractivity contribution < 1.29 is 4.79 Å². The fourth-order valence-corrected chi connectivity index (χ4v) is 3.31. The lowest BCUT2D eigenvalue weighted by Gasteiger charge is -2.30. The molecule has 0 heterocycles. The average molecular weight is 327 g/mol. The molecule has 1 N–H and O–H groups in total. The molecule has 0 saturated heterocycles. The van der Waals surface area contributed by atoms with E-state index in [1.165, 1.54) is 12.8 Å². The molecule has 0 aromatic heterocycles. The SMILES string of the molecule is CCC(CBr)(CBr)NC(=O)CC1CC1. The van der Waals surface area contributed by atoms with Gasteiger partial charge in [-0.2, -0.15) is 0 Å². The van der Waals surface area contributed by atoms with Crippen LogP contribution < -0.4 is 5.32 Å². The van der Waals surface area contributed by atoms with Gasteiger partial charge in [-0.3, -0.25) is 4.79 Å². The smallest absolute Gasteiger partial charge is 0.220 e. The normalized spacial score (nSPS) is 16.8. The number of hydrogen-bond donors (Lipinski definition) is 1. The van der Waals surface area contributed by atoms with E-state index in [0.717, 1.165) is 17.1 Å². The second-order valence-corrected chi connectivity index (χ2v) is 5.22. The van der Waals surface area contributed by atoms with Gasteiger partial charge in [0.15, 0.2) is 0 Å². The largest absolute Gasteiger partial charge is 0.349 e. The molecule has 14 heavy (non-hydrogen) atoms. The number of carbonyl (C=O) groups excluding carboxylic acids is 1. The highest BCUT2D eigenvalue weighted by Gasteiger charge is 2.30. The van der Waals surface area contributed by atoms with Crippen LogP contribution in [0.4, 0.5) is 0 Å². The van der Waals surface area contributed by atoms with Crippen LogP contribution in [0.25, 0.3) is 0 Å². The third-order valence-corrected chi connectivity index (χ3v) is 4.91. The quantitative estimate of drug-likeness (QED) is 0.747. The summed E-state index contributed by atoms with van der Waals surface area (Å²) in [6, 6.07) is 0. The van der Waals surface area contributed by atoms with E-state index in [1.807, 2.05) is 0 Å². The number of rotatable bonds is 6. The van der Waals surface area contributed by atoms with Gasteiger partial charge in [-0.1, -0.05) is 38.8 Å². The molecule has 0 unspecified atom stereocenters. The standard InChI is InChI=1S/C10H17Br2NO/c1-2-10(6-11,7-12)13-9(14)5-8-3-4-8/h8H,2-7H2,1H3,(H,13,14). The van der Waals surface area contributed by atoms with Gasteiger partial charge >= 0.3 is 0 Å². The molecule has 1 aliphatic carbocycles. The molecule has 0 aromatic carbocycles. The van der Waals surface area contributed by atoms with Crippen LogP contribution >= 0.6 is 31.9 Å². The second kappa shape index (κ2) is 5.50. The molecular formula is C10H17Br2NO. The van der Waals surface area contributed by atoms with Gasteiger partial charge in [-0.25, -0.2) is 0 Å². The minimum Gasteiger partial charge on any atom is -0.349 e. The lowest BCUT2D eigenvalue weighted by molar-refractivity contribution is -0.122. The van der Waals surface area contributed by atoms with Gasteiger partial charge in [0.25, 0.3) is 0 Å². The number of hydrogen-bond acceptors (Lipinski definition) is 1. The molecule has 1 amide bonds. The molecule has 0 radical (unpaired) electrons. The van der Waals surface area contributed by atoms with Gasteiger partial charge < -0.3 is 5.32 Å². The molecule has 82 valence electrons. The highest BCUT2D eigenvalue weighted by Crippen LogP contribution is 2.32. The van der Waals surface area contributed by atoms with E-state index in [2.05, 4.69) is 44.1 Å². The predicted molar refractivity (Wildman–Crippen MR) is 66.1 cm³/mol. The van der Waals surface area contributed by atoms with E-state index in [4.69, 9.17) is 0 Å². The summed E-state index contributed by atoms with van der Waals surface area (Å²) in [5.41, 5.74) is -0.105. The summed E-state index contributed by atoms with van der Waals surface area (Å²) in [6.07, 6.45) is 4.12. The Morgan fingerprint density at radius 1 is 1.43 bits per heavy atom. The Morgan fingerprint density at radius 2 is 2.00 bits per heavy atom. The summed E-state index contributed by atoms with van der Waals surface area (Å²) in [7, 11) is 0. The Hall–Kier alpha value is 0.430. The zero-order valence-electron chi connectivity index (χ0n) is 8.48. The maximum absolute atomic E-state index is 11.6. The first-order valence-electron chi connectivity index (χ1n) is 5.08. The van der Waals surface area contributed by atoms with E-state index in [-0.39, 0.29) is 11.4 Å². The topological polar surface area (TPSA) is 29.1 Å². The minimum atomic E-state index is -0.105. The predicted octanol–water partition coefficient (Wildman–Crippen LogP) is 2.84. The number of carbonyl (C=O) groups is 1. The van der Waals surface area contributed by atoms with Crippen molar-refractivity contribution in [2.24, 2.45) is 5.92 Å². The summed E-state index contributed by atoms with van der Waals surface area (Å²) in [4.78, 5) is 11.6. The van der Waals surface area contributed by atoms with Gasteiger partial charge in [-0.05, 0) is 25.2 Å². The molecule has 0 bridgehead atoms. The van der Waals surface area contributed by atoms with Crippen molar-refractivity contribution in [1.82, 2.24) is 5.32 Å². The number of amides is 1. The van der Waals surface area contributed by atoms with Crippen LogP contribution in [0.5, 0.6) is 0 Å². The number of nitrogens with one attached hydrogen (secondary N) is 1. The van der Waals surface area contributed by atoms with E-state index < -0.39 is 0 Å². The number of alkyl halides is 2.